The van der Waals surface area contributed by atoms with Gasteiger partial charge in [0.1, 0.15) is 45.0 Å². The maximum atomic E-state index is 13.5. The van der Waals surface area contributed by atoms with Gasteiger partial charge in [-0.15, -0.1) is 0 Å². The molecule has 0 aliphatic carbocycles. The Balaban J connectivity index is 0.000000229. The second kappa shape index (κ2) is 28.0. The molecule has 0 saturated heterocycles. The van der Waals surface area contributed by atoms with Gasteiger partial charge in [-0.2, -0.15) is 45.2 Å². The number of aromatic nitrogens is 12. The second-order valence-electron chi connectivity index (χ2n) is 16.8. The SMILES string of the molecule is CC(N)C(N)=O.Cc1cc(C)n(-c2nc(Cl)cc(Cl)n2)n1.Cc1cc(C)n(-c2nc(Cl)cc(NC(C)C(N)=O)n2)n1.Cc1cc(C)n(-c2nc(Nc3ccc(F)c(F)c3)cc(NC(C)C(N)=O)n2)n1.Nc1ccc(F)c(F)c1. The normalized spacial score (nSPS) is 11.6. The van der Waals surface area contributed by atoms with E-state index in [0.717, 1.165) is 58.4 Å². The highest BCUT2D eigenvalue weighted by atomic mass is 35.5. The van der Waals surface area contributed by atoms with Crippen LogP contribution >= 0.6 is 34.8 Å². The van der Waals surface area contributed by atoms with E-state index >= 15 is 0 Å². The summed E-state index contributed by atoms with van der Waals surface area (Å²) in [5.74, 6) is -3.23. The van der Waals surface area contributed by atoms with E-state index in [4.69, 9.17) is 57.7 Å². The maximum absolute atomic E-state index is 13.5. The molecule has 3 amide bonds. The lowest BCUT2D eigenvalue weighted by Crippen LogP contribution is -2.33. The third kappa shape index (κ3) is 18.9. The number of anilines is 5. The largest absolute Gasteiger partial charge is 0.399 e. The van der Waals surface area contributed by atoms with Crippen molar-refractivity contribution in [3.05, 3.63) is 146 Å². The van der Waals surface area contributed by atoms with Gasteiger partial charge in [-0.05, 0) is 111 Å². The Morgan fingerprint density at radius 1 is 0.487 bits per heavy atom. The number of hydrogen-bond donors (Lipinski definition) is 8. The van der Waals surface area contributed by atoms with Crippen LogP contribution in [0.2, 0.25) is 15.5 Å². The second-order valence-corrected chi connectivity index (χ2v) is 18.0. The Morgan fingerprint density at radius 3 is 1.21 bits per heavy atom. The molecule has 30 heteroatoms. The number of aryl methyl sites for hydroxylation is 6. The highest BCUT2D eigenvalue weighted by molar-refractivity contribution is 6.33. The molecule has 0 bridgehead atoms. The first-order valence-electron chi connectivity index (χ1n) is 22.8. The number of primary amides is 3. The van der Waals surface area contributed by atoms with E-state index in [1.807, 2.05) is 59.7 Å². The Kier molecular flexibility index (Phi) is 22.3. The molecule has 0 aliphatic rings. The van der Waals surface area contributed by atoms with Gasteiger partial charge in [0.15, 0.2) is 23.3 Å². The average Bonchev–Trinajstić information content (AvgIpc) is 4.00. The molecule has 6 aromatic heterocycles. The predicted molar refractivity (Wildman–Crippen MR) is 289 cm³/mol. The number of nitrogens with two attached hydrogens (primary N) is 5. The number of amides is 3. The molecular weight excluding hydrogens is 1090 g/mol. The van der Waals surface area contributed by atoms with E-state index in [0.29, 0.717) is 45.3 Å². The maximum Gasteiger partial charge on any atom is 0.254 e. The first kappa shape index (κ1) is 62.0. The summed E-state index contributed by atoms with van der Waals surface area (Å²) in [5.41, 5.74) is 30.9. The number of nitrogens with one attached hydrogen (secondary N) is 3. The summed E-state index contributed by atoms with van der Waals surface area (Å²) in [6.07, 6.45) is 0. The van der Waals surface area contributed by atoms with Crippen LogP contribution in [0.4, 0.5) is 46.4 Å². The van der Waals surface area contributed by atoms with Crippen molar-refractivity contribution in [3.63, 3.8) is 0 Å². The van der Waals surface area contributed by atoms with Crippen LogP contribution in [-0.2, 0) is 14.4 Å². The zero-order valence-corrected chi connectivity index (χ0v) is 45.6. The fraction of sp³-hybridized carbons (Fsp3) is 0.250. The zero-order valence-electron chi connectivity index (χ0n) is 43.3. The number of carbonyl (C=O) groups excluding carboxylic acids is 3. The van der Waals surface area contributed by atoms with Gasteiger partial charge in [-0.1, -0.05) is 34.8 Å². The molecule has 0 spiro atoms. The molecule has 0 aliphatic heterocycles. The van der Waals surface area contributed by atoms with Crippen LogP contribution in [0.15, 0.2) is 72.8 Å². The van der Waals surface area contributed by atoms with Crippen molar-refractivity contribution in [2.75, 3.05) is 21.7 Å². The molecule has 78 heavy (non-hydrogen) atoms. The van der Waals surface area contributed by atoms with E-state index in [9.17, 15) is 31.9 Å². The van der Waals surface area contributed by atoms with Gasteiger partial charge in [0.05, 0.1) is 23.1 Å². The molecule has 0 radical (unpaired) electrons. The van der Waals surface area contributed by atoms with Crippen LogP contribution < -0.4 is 44.6 Å². The molecule has 3 unspecified atom stereocenters. The summed E-state index contributed by atoms with van der Waals surface area (Å²) in [5, 5.41) is 22.4. The van der Waals surface area contributed by atoms with E-state index in [-0.39, 0.29) is 16.8 Å². The van der Waals surface area contributed by atoms with Crippen molar-refractivity contribution in [1.29, 1.82) is 0 Å². The summed E-state index contributed by atoms with van der Waals surface area (Å²) in [6.45, 7) is 16.0. The predicted octanol–water partition coefficient (Wildman–Crippen LogP) is 6.76. The third-order valence-corrected chi connectivity index (χ3v) is 10.4. The fourth-order valence-corrected chi connectivity index (χ4v) is 6.62. The van der Waals surface area contributed by atoms with Crippen LogP contribution in [0.25, 0.3) is 17.8 Å². The molecule has 414 valence electrons. The molecule has 8 aromatic rings. The third-order valence-electron chi connectivity index (χ3n) is 9.81. The van der Waals surface area contributed by atoms with Crippen molar-refractivity contribution in [1.82, 2.24) is 59.2 Å². The number of carbonyl (C=O) groups is 3. The summed E-state index contributed by atoms with van der Waals surface area (Å²) < 4.78 is 55.6. The van der Waals surface area contributed by atoms with E-state index < -0.39 is 59.1 Å². The monoisotopic (exact) mass is 1140 g/mol. The summed E-state index contributed by atoms with van der Waals surface area (Å²) in [4.78, 5) is 57.5. The highest BCUT2D eigenvalue weighted by Gasteiger charge is 2.17. The summed E-state index contributed by atoms with van der Waals surface area (Å²) in [6, 6.07) is 15.1. The van der Waals surface area contributed by atoms with Crippen LogP contribution in [0, 0.1) is 64.8 Å². The van der Waals surface area contributed by atoms with Gasteiger partial charge in [-0.3, -0.25) is 14.4 Å². The van der Waals surface area contributed by atoms with Gasteiger partial charge in [0.25, 0.3) is 17.8 Å². The summed E-state index contributed by atoms with van der Waals surface area (Å²) >= 11 is 17.5. The van der Waals surface area contributed by atoms with Crippen molar-refractivity contribution >= 4 is 81.4 Å². The molecule has 8 rings (SSSR count). The van der Waals surface area contributed by atoms with E-state index in [1.165, 1.54) is 35.0 Å². The van der Waals surface area contributed by atoms with Crippen molar-refractivity contribution in [3.8, 4) is 17.8 Å². The standard InChI is InChI=1S/C18H19F2N7O.C12H15ClN6O.C9H8Cl2N4.C6H5F2N.C3H8N2O/c1-9-6-10(2)27(26-9)18-24-15(22-11(3)17(21)28)8-16(25-18)23-12-4-5-13(19)14(20)7-12;1-6-4-7(2)19(18-6)12-16-9(13)5-10(17-12)15-8(3)11(14)20;1-5-3-6(2)15(14-5)9-12-7(10)4-8(11)13-9;7-5-2-1-4(9)3-6(5)8;1-2(4)3(5)6/h4-8,11H,1-3H3,(H2,21,28)(H2,22,23,24,25);4-5,8H,1-3H3,(H2,14,20)(H,15,16,17);3-4H,1-2H3;1-3H,9H2;2H,4H2,1H3,(H2,5,6). The van der Waals surface area contributed by atoms with Gasteiger partial charge in [0, 0.05) is 52.7 Å². The molecule has 3 atom stereocenters. The van der Waals surface area contributed by atoms with Crippen LogP contribution in [0.3, 0.4) is 0 Å². The molecule has 6 heterocycles. The lowest BCUT2D eigenvalue weighted by Gasteiger charge is -2.14. The number of benzene rings is 2. The van der Waals surface area contributed by atoms with Gasteiger partial charge < -0.3 is 44.6 Å². The molecule has 2 aromatic carbocycles. The lowest BCUT2D eigenvalue weighted by atomic mass is 10.3. The van der Waals surface area contributed by atoms with Crippen LogP contribution in [0.1, 0.15) is 54.9 Å². The Hall–Kier alpha value is -8.53. The zero-order chi connectivity index (χ0) is 58.3. The minimum absolute atomic E-state index is 0.230. The first-order chi connectivity index (χ1) is 36.5. The number of nitrogen functional groups attached to an aromatic ring is 1. The van der Waals surface area contributed by atoms with E-state index in [2.05, 4.69) is 66.9 Å². The van der Waals surface area contributed by atoms with E-state index in [1.54, 1.807) is 30.1 Å². The molecule has 0 saturated carbocycles. The number of hydrogen-bond acceptors (Lipinski definition) is 17. The van der Waals surface area contributed by atoms with Crippen molar-refractivity contribution in [2.45, 2.75) is 80.4 Å². The lowest BCUT2D eigenvalue weighted by molar-refractivity contribution is -0.119. The molecule has 0 fully saturated rings. The van der Waals surface area contributed by atoms with Gasteiger partial charge in [-0.25, -0.2) is 31.6 Å². The average molecular weight is 1140 g/mol. The first-order valence-corrected chi connectivity index (χ1v) is 24.0. The number of nitrogens with zero attached hydrogens (tertiary/aromatic N) is 12. The topological polar surface area (TPSA) is 348 Å². The number of rotatable bonds is 12. The minimum atomic E-state index is -0.987. The quantitative estimate of drug-likeness (QED) is 0.0356. The number of halogens is 7. The molecule has 23 nitrogen and oxygen atoms in total. The molecular formula is C48H55Cl3F4N20O3. The minimum Gasteiger partial charge on any atom is -0.399 e. The Bertz CT molecular complexity index is 3370. The van der Waals surface area contributed by atoms with Crippen LogP contribution in [0.5, 0.6) is 0 Å². The van der Waals surface area contributed by atoms with Crippen LogP contribution in [-0.4, -0.2) is 95.1 Å². The fourth-order valence-electron chi connectivity index (χ4n) is 6.03. The Morgan fingerprint density at radius 2 is 0.846 bits per heavy atom. The summed E-state index contributed by atoms with van der Waals surface area (Å²) in [7, 11) is 0. The van der Waals surface area contributed by atoms with Gasteiger partial charge >= 0.3 is 0 Å². The van der Waals surface area contributed by atoms with Crippen molar-refractivity contribution < 1.29 is 31.9 Å². The molecule has 13 N–H and O–H groups in total. The van der Waals surface area contributed by atoms with Gasteiger partial charge in [0.2, 0.25) is 17.7 Å². The van der Waals surface area contributed by atoms with Crippen molar-refractivity contribution in [2.24, 2.45) is 22.9 Å². The highest BCUT2D eigenvalue weighted by Crippen LogP contribution is 2.23. The Labute approximate surface area is 459 Å². The smallest absolute Gasteiger partial charge is 0.254 e.